The molecular formula is C12H28N2. The third kappa shape index (κ3) is 2.96. The first-order chi connectivity index (χ1) is 6.40. The van der Waals surface area contributed by atoms with E-state index in [0.29, 0.717) is 5.92 Å². The van der Waals surface area contributed by atoms with Crippen LogP contribution in [0.25, 0.3) is 0 Å². The van der Waals surface area contributed by atoms with Crippen molar-refractivity contribution >= 4 is 0 Å². The molecule has 0 fully saturated rings. The van der Waals surface area contributed by atoms with Crippen molar-refractivity contribution in [1.29, 1.82) is 0 Å². The molecule has 0 bridgehead atoms. The minimum Gasteiger partial charge on any atom is -0.326 e. The first-order valence-corrected chi connectivity index (χ1v) is 5.83. The SMILES string of the molecule is CCC(CC)(C(N)CC(C)C)N(C)C. The fraction of sp³-hybridized carbons (Fsp3) is 1.00. The molecule has 0 aromatic heterocycles. The Morgan fingerprint density at radius 2 is 1.57 bits per heavy atom. The van der Waals surface area contributed by atoms with Crippen LogP contribution in [-0.2, 0) is 0 Å². The van der Waals surface area contributed by atoms with Crippen LogP contribution in [0.15, 0.2) is 0 Å². The van der Waals surface area contributed by atoms with Crippen LogP contribution < -0.4 is 5.73 Å². The summed E-state index contributed by atoms with van der Waals surface area (Å²) in [4.78, 5) is 2.31. The van der Waals surface area contributed by atoms with Crippen LogP contribution in [0.4, 0.5) is 0 Å². The molecule has 2 heteroatoms. The molecule has 0 aromatic carbocycles. The first kappa shape index (κ1) is 13.9. The van der Waals surface area contributed by atoms with Gasteiger partial charge >= 0.3 is 0 Å². The Morgan fingerprint density at radius 3 is 1.79 bits per heavy atom. The second-order valence-corrected chi connectivity index (χ2v) is 4.94. The summed E-state index contributed by atoms with van der Waals surface area (Å²) in [5.74, 6) is 0.683. The molecule has 0 amide bonds. The van der Waals surface area contributed by atoms with Crippen molar-refractivity contribution in [1.82, 2.24) is 4.90 Å². The van der Waals surface area contributed by atoms with Crippen molar-refractivity contribution in [3.63, 3.8) is 0 Å². The molecule has 1 atom stereocenters. The van der Waals surface area contributed by atoms with Gasteiger partial charge in [0.1, 0.15) is 0 Å². The van der Waals surface area contributed by atoms with E-state index in [1.54, 1.807) is 0 Å². The van der Waals surface area contributed by atoms with Gasteiger partial charge in [-0.2, -0.15) is 0 Å². The van der Waals surface area contributed by atoms with E-state index in [0.717, 1.165) is 19.3 Å². The fourth-order valence-electron chi connectivity index (χ4n) is 2.47. The van der Waals surface area contributed by atoms with Gasteiger partial charge in [0.15, 0.2) is 0 Å². The molecule has 0 aliphatic heterocycles. The second-order valence-electron chi connectivity index (χ2n) is 4.94. The Labute approximate surface area is 89.9 Å². The van der Waals surface area contributed by atoms with E-state index < -0.39 is 0 Å². The van der Waals surface area contributed by atoms with Gasteiger partial charge in [0.2, 0.25) is 0 Å². The molecular weight excluding hydrogens is 172 g/mol. The summed E-state index contributed by atoms with van der Waals surface area (Å²) in [5.41, 5.74) is 6.52. The third-order valence-electron chi connectivity index (χ3n) is 3.53. The molecule has 0 aliphatic rings. The maximum atomic E-state index is 6.33. The predicted molar refractivity (Wildman–Crippen MR) is 64.4 cm³/mol. The van der Waals surface area contributed by atoms with Crippen molar-refractivity contribution in [2.45, 2.75) is 58.5 Å². The molecule has 1 unspecified atom stereocenters. The lowest BCUT2D eigenvalue weighted by molar-refractivity contribution is 0.0961. The highest BCUT2D eigenvalue weighted by Crippen LogP contribution is 2.27. The van der Waals surface area contributed by atoms with Gasteiger partial charge in [-0.1, -0.05) is 27.7 Å². The number of nitrogens with zero attached hydrogens (tertiary/aromatic N) is 1. The molecule has 2 nitrogen and oxygen atoms in total. The molecule has 0 radical (unpaired) electrons. The van der Waals surface area contributed by atoms with E-state index in [1.807, 2.05) is 0 Å². The van der Waals surface area contributed by atoms with Gasteiger partial charge in [-0.15, -0.1) is 0 Å². The minimum absolute atomic E-state index is 0.185. The van der Waals surface area contributed by atoms with Crippen LogP contribution >= 0.6 is 0 Å². The first-order valence-electron chi connectivity index (χ1n) is 5.83. The van der Waals surface area contributed by atoms with Gasteiger partial charge in [-0.25, -0.2) is 0 Å². The van der Waals surface area contributed by atoms with Crippen molar-refractivity contribution < 1.29 is 0 Å². The summed E-state index contributed by atoms with van der Waals surface area (Å²) < 4.78 is 0. The van der Waals surface area contributed by atoms with E-state index in [4.69, 9.17) is 5.73 Å². The topological polar surface area (TPSA) is 29.3 Å². The van der Waals surface area contributed by atoms with E-state index >= 15 is 0 Å². The van der Waals surface area contributed by atoms with E-state index in [-0.39, 0.29) is 11.6 Å². The Balaban J connectivity index is 4.62. The van der Waals surface area contributed by atoms with Gasteiger partial charge in [-0.3, -0.25) is 0 Å². The monoisotopic (exact) mass is 200 g/mol. The van der Waals surface area contributed by atoms with Gasteiger partial charge in [-0.05, 0) is 39.3 Å². The number of likely N-dealkylation sites (N-methyl/N-ethyl adjacent to an activating group) is 1. The normalized spacial score (nSPS) is 15.2. The van der Waals surface area contributed by atoms with E-state index in [9.17, 15) is 0 Å². The van der Waals surface area contributed by atoms with Crippen LogP contribution in [0.3, 0.4) is 0 Å². The lowest BCUT2D eigenvalue weighted by Gasteiger charge is -2.44. The Kier molecular flexibility index (Phi) is 5.68. The van der Waals surface area contributed by atoms with Gasteiger partial charge < -0.3 is 10.6 Å². The zero-order valence-corrected chi connectivity index (χ0v) is 10.8. The van der Waals surface area contributed by atoms with Crippen LogP contribution in [0, 0.1) is 5.92 Å². The van der Waals surface area contributed by atoms with Crippen LogP contribution in [0.2, 0.25) is 0 Å². The number of hydrogen-bond acceptors (Lipinski definition) is 2. The average Bonchev–Trinajstić information content (AvgIpc) is 2.05. The summed E-state index contributed by atoms with van der Waals surface area (Å²) in [6.45, 7) is 8.96. The second kappa shape index (κ2) is 5.72. The average molecular weight is 200 g/mol. The molecule has 0 spiro atoms. The zero-order valence-electron chi connectivity index (χ0n) is 10.8. The van der Waals surface area contributed by atoms with Crippen molar-refractivity contribution in [3.05, 3.63) is 0 Å². The van der Waals surface area contributed by atoms with Crippen molar-refractivity contribution in [3.8, 4) is 0 Å². The molecule has 0 heterocycles. The maximum absolute atomic E-state index is 6.33. The molecule has 86 valence electrons. The molecule has 0 saturated heterocycles. The standard InChI is InChI=1S/C12H28N2/c1-7-12(8-2,14(5)6)11(13)9-10(3)4/h10-11H,7-9,13H2,1-6H3. The summed E-state index contributed by atoms with van der Waals surface area (Å²) in [7, 11) is 4.29. The van der Waals surface area contributed by atoms with Crippen molar-refractivity contribution in [2.24, 2.45) is 11.7 Å². The number of hydrogen-bond donors (Lipinski definition) is 1. The van der Waals surface area contributed by atoms with Gasteiger partial charge in [0, 0.05) is 11.6 Å². The molecule has 0 rings (SSSR count). The zero-order chi connectivity index (χ0) is 11.4. The van der Waals surface area contributed by atoms with Crippen molar-refractivity contribution in [2.75, 3.05) is 14.1 Å². The highest BCUT2D eigenvalue weighted by molar-refractivity contribution is 4.95. The summed E-state index contributed by atoms with van der Waals surface area (Å²) >= 11 is 0. The Bertz CT molecular complexity index is 148. The quantitative estimate of drug-likeness (QED) is 0.714. The van der Waals surface area contributed by atoms with Crippen LogP contribution in [-0.4, -0.2) is 30.6 Å². The molecule has 0 aromatic rings. The Morgan fingerprint density at radius 1 is 1.14 bits per heavy atom. The predicted octanol–water partition coefficient (Wildman–Crippen LogP) is 2.48. The molecule has 2 N–H and O–H groups in total. The third-order valence-corrected chi connectivity index (χ3v) is 3.53. The van der Waals surface area contributed by atoms with Gasteiger partial charge in [0.25, 0.3) is 0 Å². The maximum Gasteiger partial charge on any atom is 0.0349 e. The largest absolute Gasteiger partial charge is 0.326 e. The molecule has 0 saturated carbocycles. The fourth-order valence-corrected chi connectivity index (χ4v) is 2.47. The smallest absolute Gasteiger partial charge is 0.0349 e. The highest BCUT2D eigenvalue weighted by Gasteiger charge is 2.35. The lowest BCUT2D eigenvalue weighted by atomic mass is 9.80. The van der Waals surface area contributed by atoms with E-state index in [2.05, 4.69) is 46.7 Å². The number of rotatable bonds is 6. The summed E-state index contributed by atoms with van der Waals surface area (Å²) in [6, 6.07) is 0.285. The minimum atomic E-state index is 0.185. The summed E-state index contributed by atoms with van der Waals surface area (Å²) in [5, 5.41) is 0. The molecule has 0 aliphatic carbocycles. The van der Waals surface area contributed by atoms with Gasteiger partial charge in [0.05, 0.1) is 0 Å². The highest BCUT2D eigenvalue weighted by atomic mass is 15.2. The van der Waals surface area contributed by atoms with Crippen LogP contribution in [0.1, 0.15) is 47.0 Å². The van der Waals surface area contributed by atoms with E-state index in [1.165, 1.54) is 0 Å². The summed E-state index contributed by atoms with van der Waals surface area (Å²) in [6.07, 6.45) is 3.37. The Hall–Kier alpha value is -0.0800. The number of nitrogens with two attached hydrogens (primary N) is 1. The lowest BCUT2D eigenvalue weighted by Crippen LogP contribution is -2.57. The molecule has 14 heavy (non-hydrogen) atoms. The van der Waals surface area contributed by atoms with Crippen LogP contribution in [0.5, 0.6) is 0 Å².